The molecule has 0 aliphatic rings. The van der Waals surface area contributed by atoms with E-state index in [0.29, 0.717) is 23.5 Å². The number of rotatable bonds is 5. The average molecular weight is 340 g/mol. The summed E-state index contributed by atoms with van der Waals surface area (Å²) in [6.07, 6.45) is 1.47. The minimum atomic E-state index is -0.285. The number of nitrogens with zero attached hydrogens (tertiary/aromatic N) is 1. The van der Waals surface area contributed by atoms with Gasteiger partial charge in [-0.25, -0.2) is 5.43 Å². The summed E-state index contributed by atoms with van der Waals surface area (Å²) < 4.78 is 5.26. The van der Waals surface area contributed by atoms with Gasteiger partial charge < -0.3 is 9.84 Å². The van der Waals surface area contributed by atoms with Crippen LogP contribution in [0.25, 0.3) is 0 Å². The van der Waals surface area contributed by atoms with Gasteiger partial charge in [0.25, 0.3) is 5.91 Å². The number of ether oxygens (including phenoxy) is 1. The van der Waals surface area contributed by atoms with Crippen LogP contribution in [0.5, 0.6) is 11.5 Å². The number of nitrogens with one attached hydrogen (secondary N) is 1. The second kappa shape index (κ2) is 7.83. The molecule has 0 aromatic heterocycles. The first-order valence-corrected chi connectivity index (χ1v) is 8.21. The topological polar surface area (TPSA) is 70.9 Å². The maximum atomic E-state index is 12.1. The molecular formula is C20H24N2O3. The summed E-state index contributed by atoms with van der Waals surface area (Å²) in [6.45, 7) is 8.69. The number of benzene rings is 2. The predicted octanol–water partition coefficient (Wildman–Crippen LogP) is 3.85. The molecule has 2 rings (SSSR count). The quantitative estimate of drug-likeness (QED) is 0.641. The number of hydrogen-bond acceptors (Lipinski definition) is 4. The third kappa shape index (κ3) is 5.08. The van der Waals surface area contributed by atoms with Crippen molar-refractivity contribution in [3.8, 4) is 11.5 Å². The Balaban J connectivity index is 1.99. The number of aromatic hydroxyl groups is 1. The molecule has 5 nitrogen and oxygen atoms in total. The van der Waals surface area contributed by atoms with Gasteiger partial charge in [-0.15, -0.1) is 0 Å². The third-order valence-corrected chi connectivity index (χ3v) is 3.68. The zero-order valence-corrected chi connectivity index (χ0v) is 15.0. The molecular weight excluding hydrogens is 316 g/mol. The first-order valence-electron chi connectivity index (χ1n) is 8.21. The van der Waals surface area contributed by atoms with E-state index in [9.17, 15) is 9.90 Å². The number of phenolic OH excluding ortho intramolecular Hbond substituents is 1. The van der Waals surface area contributed by atoms with Crippen LogP contribution in [0, 0.1) is 0 Å². The summed E-state index contributed by atoms with van der Waals surface area (Å²) in [5.74, 6) is 0.171. The van der Waals surface area contributed by atoms with Gasteiger partial charge in [-0.2, -0.15) is 5.10 Å². The molecule has 132 valence electrons. The second-order valence-electron chi connectivity index (χ2n) is 6.69. The van der Waals surface area contributed by atoms with Gasteiger partial charge in [0.05, 0.1) is 12.8 Å². The molecule has 0 heterocycles. The van der Waals surface area contributed by atoms with E-state index in [-0.39, 0.29) is 17.1 Å². The number of hydrogen-bond donors (Lipinski definition) is 2. The van der Waals surface area contributed by atoms with Crippen molar-refractivity contribution in [3.63, 3.8) is 0 Å². The second-order valence-corrected chi connectivity index (χ2v) is 6.69. The molecule has 2 aromatic rings. The Labute approximate surface area is 148 Å². The van der Waals surface area contributed by atoms with Crippen LogP contribution >= 0.6 is 0 Å². The maximum Gasteiger partial charge on any atom is 0.271 e. The summed E-state index contributed by atoms with van der Waals surface area (Å²) in [6, 6.07) is 12.4. The molecule has 0 saturated carbocycles. The fraction of sp³-hybridized carbons (Fsp3) is 0.300. The van der Waals surface area contributed by atoms with Crippen LogP contribution in [-0.4, -0.2) is 23.8 Å². The first-order chi connectivity index (χ1) is 11.8. The van der Waals surface area contributed by atoms with E-state index in [1.54, 1.807) is 24.3 Å². The molecule has 25 heavy (non-hydrogen) atoms. The predicted molar refractivity (Wildman–Crippen MR) is 99.5 cm³/mol. The largest absolute Gasteiger partial charge is 0.504 e. The lowest BCUT2D eigenvalue weighted by atomic mass is 9.87. The minimum absolute atomic E-state index is 0.0369. The van der Waals surface area contributed by atoms with Gasteiger partial charge in [-0.05, 0) is 53.8 Å². The molecule has 2 aromatic carbocycles. The van der Waals surface area contributed by atoms with Crippen LogP contribution in [0.4, 0.5) is 0 Å². The Kier molecular flexibility index (Phi) is 5.80. The molecule has 0 aliphatic carbocycles. The van der Waals surface area contributed by atoms with Crippen molar-refractivity contribution in [2.75, 3.05) is 6.61 Å². The zero-order valence-electron chi connectivity index (χ0n) is 15.0. The summed E-state index contributed by atoms with van der Waals surface area (Å²) in [5.41, 5.74) is 4.89. The summed E-state index contributed by atoms with van der Waals surface area (Å²) in [5, 5.41) is 13.8. The third-order valence-electron chi connectivity index (χ3n) is 3.68. The van der Waals surface area contributed by atoms with Gasteiger partial charge in [-0.3, -0.25) is 4.79 Å². The van der Waals surface area contributed by atoms with Crippen molar-refractivity contribution in [2.24, 2.45) is 5.10 Å². The SMILES string of the molecule is CCOc1ccc(/C=N/NC(=O)c2ccc(C(C)(C)C)cc2)cc1O. The molecule has 0 saturated heterocycles. The van der Waals surface area contributed by atoms with Crippen LogP contribution < -0.4 is 10.2 Å². The summed E-state index contributed by atoms with van der Waals surface area (Å²) in [4.78, 5) is 12.1. The Hall–Kier alpha value is -2.82. The highest BCUT2D eigenvalue weighted by atomic mass is 16.5. The van der Waals surface area contributed by atoms with Crippen LogP contribution in [0.2, 0.25) is 0 Å². The Bertz CT molecular complexity index is 760. The van der Waals surface area contributed by atoms with Gasteiger partial charge in [-0.1, -0.05) is 32.9 Å². The summed E-state index contributed by atoms with van der Waals surface area (Å²) >= 11 is 0. The first kappa shape index (κ1) is 18.5. The van der Waals surface area contributed by atoms with Crippen molar-refractivity contribution < 1.29 is 14.6 Å². The molecule has 0 atom stereocenters. The van der Waals surface area contributed by atoms with Crippen LogP contribution in [0.15, 0.2) is 47.6 Å². The van der Waals surface area contributed by atoms with E-state index in [1.807, 2.05) is 19.1 Å². The Morgan fingerprint density at radius 1 is 1.20 bits per heavy atom. The standard InChI is InChI=1S/C20H24N2O3/c1-5-25-18-11-6-14(12-17(18)23)13-21-22-19(24)15-7-9-16(10-8-15)20(2,3)4/h6-13,23H,5H2,1-4H3,(H,22,24)/b21-13+. The Morgan fingerprint density at radius 3 is 2.44 bits per heavy atom. The molecule has 0 unspecified atom stereocenters. The van der Waals surface area contributed by atoms with E-state index in [1.165, 1.54) is 12.3 Å². The van der Waals surface area contributed by atoms with Crippen molar-refractivity contribution in [3.05, 3.63) is 59.2 Å². The van der Waals surface area contributed by atoms with E-state index >= 15 is 0 Å². The Morgan fingerprint density at radius 2 is 1.88 bits per heavy atom. The highest BCUT2D eigenvalue weighted by Gasteiger charge is 2.14. The number of carbonyl (C=O) groups is 1. The number of amides is 1. The van der Waals surface area contributed by atoms with Crippen molar-refractivity contribution in [2.45, 2.75) is 33.1 Å². The molecule has 0 aliphatic heterocycles. The molecule has 2 N–H and O–H groups in total. The fourth-order valence-electron chi connectivity index (χ4n) is 2.24. The number of phenols is 1. The lowest BCUT2D eigenvalue weighted by Gasteiger charge is -2.18. The minimum Gasteiger partial charge on any atom is -0.504 e. The molecule has 0 bridgehead atoms. The lowest BCUT2D eigenvalue weighted by molar-refractivity contribution is 0.0955. The van der Waals surface area contributed by atoms with Gasteiger partial charge in [0.15, 0.2) is 11.5 Å². The molecule has 5 heteroatoms. The number of hydrazone groups is 1. The fourth-order valence-corrected chi connectivity index (χ4v) is 2.24. The van der Waals surface area contributed by atoms with Gasteiger partial charge >= 0.3 is 0 Å². The highest BCUT2D eigenvalue weighted by Crippen LogP contribution is 2.26. The maximum absolute atomic E-state index is 12.1. The van der Waals surface area contributed by atoms with Gasteiger partial charge in [0.2, 0.25) is 0 Å². The smallest absolute Gasteiger partial charge is 0.271 e. The van der Waals surface area contributed by atoms with E-state index in [2.05, 4.69) is 31.3 Å². The van der Waals surface area contributed by atoms with Crippen LogP contribution in [0.3, 0.4) is 0 Å². The van der Waals surface area contributed by atoms with Gasteiger partial charge in [0, 0.05) is 5.56 Å². The van der Waals surface area contributed by atoms with E-state index in [0.717, 1.165) is 5.56 Å². The van der Waals surface area contributed by atoms with Gasteiger partial charge in [0.1, 0.15) is 0 Å². The van der Waals surface area contributed by atoms with E-state index < -0.39 is 0 Å². The summed E-state index contributed by atoms with van der Waals surface area (Å²) in [7, 11) is 0. The lowest BCUT2D eigenvalue weighted by Crippen LogP contribution is -2.18. The molecule has 0 fully saturated rings. The zero-order chi connectivity index (χ0) is 18.4. The molecule has 0 spiro atoms. The van der Waals surface area contributed by atoms with Crippen LogP contribution in [0.1, 0.15) is 49.2 Å². The average Bonchev–Trinajstić information content (AvgIpc) is 2.56. The normalized spacial score (nSPS) is 11.5. The highest BCUT2D eigenvalue weighted by molar-refractivity contribution is 5.95. The van der Waals surface area contributed by atoms with Crippen molar-refractivity contribution >= 4 is 12.1 Å². The van der Waals surface area contributed by atoms with Crippen molar-refractivity contribution in [1.29, 1.82) is 0 Å². The molecule has 1 amide bonds. The van der Waals surface area contributed by atoms with E-state index in [4.69, 9.17) is 4.74 Å². The monoisotopic (exact) mass is 340 g/mol. The van der Waals surface area contributed by atoms with Crippen LogP contribution in [-0.2, 0) is 5.41 Å². The van der Waals surface area contributed by atoms with Crippen molar-refractivity contribution in [1.82, 2.24) is 5.43 Å². The number of carbonyl (C=O) groups excluding carboxylic acids is 1. The molecule has 0 radical (unpaired) electrons.